The Hall–Kier alpha value is -2.77. The minimum atomic E-state index is -1.00. The largest absolute Gasteiger partial charge is 0.446 e. The summed E-state index contributed by atoms with van der Waals surface area (Å²) in [5.74, 6) is -1.63. The molecule has 2 heterocycles. The molecule has 0 saturated carbocycles. The molecule has 0 bridgehead atoms. The van der Waals surface area contributed by atoms with E-state index >= 15 is 0 Å². The highest BCUT2D eigenvalue weighted by Crippen LogP contribution is 2.36. The Balaban J connectivity index is 1.43. The molecule has 30 heavy (non-hydrogen) atoms. The van der Waals surface area contributed by atoms with Crippen molar-refractivity contribution in [2.45, 2.75) is 37.5 Å². The Kier molecular flexibility index (Phi) is 6.11. The van der Waals surface area contributed by atoms with Crippen LogP contribution in [0.25, 0.3) is 0 Å². The third-order valence-electron chi connectivity index (χ3n) is 5.47. The van der Waals surface area contributed by atoms with Gasteiger partial charge in [0.05, 0.1) is 13.2 Å². The molecule has 6 nitrogen and oxygen atoms in total. The molecule has 2 aromatic rings. The lowest BCUT2D eigenvalue weighted by Crippen LogP contribution is -2.39. The lowest BCUT2D eigenvalue weighted by Gasteiger charge is -2.37. The summed E-state index contributed by atoms with van der Waals surface area (Å²) in [6.07, 6.45) is 1.17. The molecule has 158 valence electrons. The Morgan fingerprint density at radius 1 is 1.07 bits per heavy atom. The third-order valence-corrected chi connectivity index (χ3v) is 5.47. The van der Waals surface area contributed by atoms with E-state index in [2.05, 4.69) is 0 Å². The van der Waals surface area contributed by atoms with E-state index in [0.29, 0.717) is 26.1 Å². The fourth-order valence-electron chi connectivity index (χ4n) is 3.94. The second kappa shape index (κ2) is 8.93. The number of hydrogen-bond donors (Lipinski definition) is 0. The molecule has 4 rings (SSSR count). The number of amides is 2. The number of rotatable bonds is 6. The normalized spacial score (nSPS) is 20.8. The second-order valence-corrected chi connectivity index (χ2v) is 7.43. The average molecular weight is 413 g/mol. The standard InChI is InChI=1S/C23H24FNO5/c24-19-11-9-18(10-12-19)23(29-14-5-15-30-23)13-4-8-21(26)25-20(16-28-22(25)27)17-6-2-1-3-7-17/h1-3,6-7,9-12,20H,4-5,8,13-16H2/t20-/m1/s1. The van der Waals surface area contributed by atoms with Gasteiger partial charge in [0.25, 0.3) is 0 Å². The maximum absolute atomic E-state index is 13.3. The number of carbonyl (C=O) groups excluding carboxylic acids is 2. The fraction of sp³-hybridized carbons (Fsp3) is 0.391. The van der Waals surface area contributed by atoms with Crippen LogP contribution in [0.1, 0.15) is 42.9 Å². The number of imide groups is 1. The van der Waals surface area contributed by atoms with Gasteiger partial charge in [-0.05, 0) is 30.5 Å². The van der Waals surface area contributed by atoms with Crippen LogP contribution in [0, 0.1) is 5.82 Å². The van der Waals surface area contributed by atoms with Gasteiger partial charge in [0, 0.05) is 18.4 Å². The summed E-state index contributed by atoms with van der Waals surface area (Å²) < 4.78 is 30.4. The van der Waals surface area contributed by atoms with Gasteiger partial charge in [-0.1, -0.05) is 42.5 Å². The summed E-state index contributed by atoms with van der Waals surface area (Å²) in [6, 6.07) is 15.0. The molecular formula is C23H24FNO5. The highest BCUT2D eigenvalue weighted by atomic mass is 19.1. The molecule has 0 aromatic heterocycles. The molecule has 0 radical (unpaired) electrons. The van der Waals surface area contributed by atoms with Gasteiger partial charge in [0.2, 0.25) is 5.91 Å². The quantitative estimate of drug-likeness (QED) is 0.706. The zero-order chi connectivity index (χ0) is 21.0. The molecule has 0 spiro atoms. The first-order chi connectivity index (χ1) is 14.6. The van der Waals surface area contributed by atoms with Gasteiger partial charge in [0.15, 0.2) is 5.79 Å². The fourth-order valence-corrected chi connectivity index (χ4v) is 3.94. The van der Waals surface area contributed by atoms with Crippen molar-refractivity contribution in [1.82, 2.24) is 4.90 Å². The van der Waals surface area contributed by atoms with Crippen LogP contribution in [0.3, 0.4) is 0 Å². The smallest absolute Gasteiger partial charge is 0.417 e. The topological polar surface area (TPSA) is 65.1 Å². The molecule has 2 aromatic carbocycles. The molecule has 2 amide bonds. The Labute approximate surface area is 174 Å². The number of carbonyl (C=O) groups is 2. The van der Waals surface area contributed by atoms with Crippen LogP contribution in [-0.2, 0) is 24.8 Å². The van der Waals surface area contributed by atoms with Crippen molar-refractivity contribution >= 4 is 12.0 Å². The van der Waals surface area contributed by atoms with Gasteiger partial charge in [-0.25, -0.2) is 14.1 Å². The molecule has 7 heteroatoms. The van der Waals surface area contributed by atoms with Crippen molar-refractivity contribution in [2.24, 2.45) is 0 Å². The summed E-state index contributed by atoms with van der Waals surface area (Å²) in [5, 5.41) is 0. The molecule has 0 unspecified atom stereocenters. The molecule has 2 aliphatic rings. The van der Waals surface area contributed by atoms with Crippen LogP contribution in [0.2, 0.25) is 0 Å². The van der Waals surface area contributed by atoms with E-state index in [1.165, 1.54) is 17.0 Å². The first-order valence-corrected chi connectivity index (χ1v) is 10.2. The maximum Gasteiger partial charge on any atom is 0.417 e. The number of hydrogen-bond acceptors (Lipinski definition) is 5. The van der Waals surface area contributed by atoms with Gasteiger partial charge in [0.1, 0.15) is 18.5 Å². The van der Waals surface area contributed by atoms with Crippen molar-refractivity contribution in [2.75, 3.05) is 19.8 Å². The number of ether oxygens (including phenoxy) is 3. The van der Waals surface area contributed by atoms with E-state index < -0.39 is 17.9 Å². The van der Waals surface area contributed by atoms with E-state index in [9.17, 15) is 14.0 Å². The Bertz CT molecular complexity index is 880. The van der Waals surface area contributed by atoms with Crippen molar-refractivity contribution in [3.63, 3.8) is 0 Å². The van der Waals surface area contributed by atoms with Gasteiger partial charge in [-0.2, -0.15) is 0 Å². The van der Waals surface area contributed by atoms with Gasteiger partial charge >= 0.3 is 6.09 Å². The van der Waals surface area contributed by atoms with Crippen LogP contribution in [0.15, 0.2) is 54.6 Å². The predicted molar refractivity (Wildman–Crippen MR) is 106 cm³/mol. The monoisotopic (exact) mass is 413 g/mol. The first-order valence-electron chi connectivity index (χ1n) is 10.2. The average Bonchev–Trinajstić information content (AvgIpc) is 3.17. The number of benzene rings is 2. The lowest BCUT2D eigenvalue weighted by molar-refractivity contribution is -0.280. The summed E-state index contributed by atoms with van der Waals surface area (Å²) in [4.78, 5) is 26.2. The van der Waals surface area contributed by atoms with Crippen LogP contribution < -0.4 is 0 Å². The Morgan fingerprint density at radius 3 is 2.47 bits per heavy atom. The molecule has 2 saturated heterocycles. The molecule has 0 aliphatic carbocycles. The van der Waals surface area contributed by atoms with Gasteiger partial charge in [-0.3, -0.25) is 4.79 Å². The summed E-state index contributed by atoms with van der Waals surface area (Å²) in [5.41, 5.74) is 1.58. The van der Waals surface area contributed by atoms with Crippen LogP contribution >= 0.6 is 0 Å². The van der Waals surface area contributed by atoms with E-state index in [1.54, 1.807) is 12.1 Å². The van der Waals surface area contributed by atoms with E-state index in [4.69, 9.17) is 14.2 Å². The first kappa shape index (κ1) is 20.5. The zero-order valence-electron chi connectivity index (χ0n) is 16.6. The van der Waals surface area contributed by atoms with Gasteiger partial charge < -0.3 is 14.2 Å². The van der Waals surface area contributed by atoms with E-state index in [1.807, 2.05) is 30.3 Å². The molecule has 2 aliphatic heterocycles. The van der Waals surface area contributed by atoms with Gasteiger partial charge in [-0.15, -0.1) is 0 Å². The van der Waals surface area contributed by atoms with Crippen molar-refractivity contribution in [3.05, 3.63) is 71.5 Å². The summed E-state index contributed by atoms with van der Waals surface area (Å²) in [7, 11) is 0. The molecular weight excluding hydrogens is 389 g/mol. The molecule has 1 atom stereocenters. The van der Waals surface area contributed by atoms with Crippen LogP contribution in [0.5, 0.6) is 0 Å². The zero-order valence-corrected chi connectivity index (χ0v) is 16.6. The highest BCUT2D eigenvalue weighted by Gasteiger charge is 2.40. The summed E-state index contributed by atoms with van der Waals surface area (Å²) >= 11 is 0. The third kappa shape index (κ3) is 4.22. The number of nitrogens with zero attached hydrogens (tertiary/aromatic N) is 1. The molecule has 2 fully saturated rings. The lowest BCUT2D eigenvalue weighted by atomic mass is 9.98. The SMILES string of the molecule is O=C(CCCC1(c2ccc(F)cc2)OCCCO1)N1C(=O)OC[C@@H]1c1ccccc1. The summed E-state index contributed by atoms with van der Waals surface area (Å²) in [6.45, 7) is 1.21. The van der Waals surface area contributed by atoms with Crippen molar-refractivity contribution in [3.8, 4) is 0 Å². The van der Waals surface area contributed by atoms with Crippen LogP contribution in [-0.4, -0.2) is 36.7 Å². The minimum absolute atomic E-state index is 0.147. The maximum atomic E-state index is 13.3. The van der Waals surface area contributed by atoms with Crippen LogP contribution in [0.4, 0.5) is 9.18 Å². The number of halogens is 1. The van der Waals surface area contributed by atoms with E-state index in [-0.39, 0.29) is 24.8 Å². The highest BCUT2D eigenvalue weighted by molar-refractivity contribution is 5.93. The van der Waals surface area contributed by atoms with E-state index in [0.717, 1.165) is 17.5 Å². The van der Waals surface area contributed by atoms with Crippen molar-refractivity contribution < 1.29 is 28.2 Å². The minimum Gasteiger partial charge on any atom is -0.446 e. The molecule has 0 N–H and O–H groups in total. The van der Waals surface area contributed by atoms with Crippen molar-refractivity contribution in [1.29, 1.82) is 0 Å². The second-order valence-electron chi connectivity index (χ2n) is 7.43. The predicted octanol–water partition coefficient (Wildman–Crippen LogP) is 4.31. The number of cyclic esters (lactones) is 1. The Morgan fingerprint density at radius 2 is 1.77 bits per heavy atom.